The van der Waals surface area contributed by atoms with Crippen LogP contribution < -0.4 is 5.32 Å². The standard InChI is InChI=1S/C13H21N3/c1-10-6-11(2)8-12(7-10)9-14-13-4-5-16(3)15-13/h4-6,10,12H,7-9H2,1-3H3,(H,14,15). The van der Waals surface area contributed by atoms with Gasteiger partial charge < -0.3 is 5.32 Å². The molecule has 0 amide bonds. The molecule has 1 aromatic heterocycles. The van der Waals surface area contributed by atoms with Crippen molar-refractivity contribution in [3.8, 4) is 0 Å². The number of rotatable bonds is 3. The van der Waals surface area contributed by atoms with Crippen LogP contribution in [0.1, 0.15) is 26.7 Å². The van der Waals surface area contributed by atoms with Crippen molar-refractivity contribution >= 4 is 5.82 Å². The van der Waals surface area contributed by atoms with Gasteiger partial charge in [-0.05, 0) is 31.6 Å². The van der Waals surface area contributed by atoms with Crippen molar-refractivity contribution in [2.24, 2.45) is 18.9 Å². The molecule has 1 N–H and O–H groups in total. The molecule has 1 aliphatic rings. The number of anilines is 1. The lowest BCUT2D eigenvalue weighted by atomic mass is 9.84. The molecule has 2 unspecified atom stereocenters. The van der Waals surface area contributed by atoms with Gasteiger partial charge in [0.1, 0.15) is 5.82 Å². The van der Waals surface area contributed by atoms with Gasteiger partial charge in [-0.2, -0.15) is 5.10 Å². The molecule has 1 aromatic rings. The van der Waals surface area contributed by atoms with Gasteiger partial charge in [0.15, 0.2) is 0 Å². The lowest BCUT2D eigenvalue weighted by Gasteiger charge is -2.25. The number of hydrogen-bond acceptors (Lipinski definition) is 2. The average molecular weight is 219 g/mol. The molecule has 0 aliphatic heterocycles. The molecule has 1 heterocycles. The van der Waals surface area contributed by atoms with E-state index in [2.05, 4.69) is 30.3 Å². The van der Waals surface area contributed by atoms with Crippen molar-refractivity contribution in [2.45, 2.75) is 26.7 Å². The maximum atomic E-state index is 4.32. The van der Waals surface area contributed by atoms with E-state index in [1.54, 1.807) is 0 Å². The Morgan fingerprint density at radius 2 is 2.38 bits per heavy atom. The predicted octanol–water partition coefficient (Wildman–Crippen LogP) is 2.82. The summed E-state index contributed by atoms with van der Waals surface area (Å²) in [5, 5.41) is 7.74. The Balaban J connectivity index is 1.85. The van der Waals surface area contributed by atoms with Crippen LogP contribution in [0.3, 0.4) is 0 Å². The van der Waals surface area contributed by atoms with Crippen LogP contribution in [0, 0.1) is 11.8 Å². The Bertz CT molecular complexity index is 378. The fourth-order valence-electron chi connectivity index (χ4n) is 2.60. The summed E-state index contributed by atoms with van der Waals surface area (Å²) >= 11 is 0. The minimum atomic E-state index is 0.726. The maximum Gasteiger partial charge on any atom is 0.147 e. The zero-order valence-electron chi connectivity index (χ0n) is 10.4. The second kappa shape index (κ2) is 4.73. The van der Waals surface area contributed by atoms with Crippen molar-refractivity contribution in [3.63, 3.8) is 0 Å². The van der Waals surface area contributed by atoms with Gasteiger partial charge in [0.05, 0.1) is 0 Å². The Hall–Kier alpha value is -1.25. The lowest BCUT2D eigenvalue weighted by Crippen LogP contribution is -2.20. The highest BCUT2D eigenvalue weighted by Gasteiger charge is 2.17. The van der Waals surface area contributed by atoms with Gasteiger partial charge in [0, 0.05) is 25.9 Å². The highest BCUT2D eigenvalue weighted by molar-refractivity contribution is 5.32. The third-order valence-electron chi connectivity index (χ3n) is 3.17. The third kappa shape index (κ3) is 2.87. The van der Waals surface area contributed by atoms with Gasteiger partial charge in [0.25, 0.3) is 0 Å². The van der Waals surface area contributed by atoms with Gasteiger partial charge in [-0.3, -0.25) is 4.68 Å². The van der Waals surface area contributed by atoms with E-state index >= 15 is 0 Å². The van der Waals surface area contributed by atoms with Crippen LogP contribution in [-0.4, -0.2) is 16.3 Å². The first-order valence-corrected chi connectivity index (χ1v) is 6.04. The van der Waals surface area contributed by atoms with Gasteiger partial charge in [-0.25, -0.2) is 0 Å². The molecule has 88 valence electrons. The van der Waals surface area contributed by atoms with E-state index in [1.807, 2.05) is 24.0 Å². The smallest absolute Gasteiger partial charge is 0.147 e. The minimum absolute atomic E-state index is 0.726. The Labute approximate surface area is 97.5 Å². The summed E-state index contributed by atoms with van der Waals surface area (Å²) in [5.41, 5.74) is 1.53. The van der Waals surface area contributed by atoms with Crippen molar-refractivity contribution in [2.75, 3.05) is 11.9 Å². The molecule has 0 saturated carbocycles. The van der Waals surface area contributed by atoms with E-state index in [0.717, 1.165) is 24.2 Å². The molecule has 3 nitrogen and oxygen atoms in total. The largest absolute Gasteiger partial charge is 0.368 e. The highest BCUT2D eigenvalue weighted by Crippen LogP contribution is 2.27. The van der Waals surface area contributed by atoms with E-state index in [4.69, 9.17) is 0 Å². The average Bonchev–Trinajstić information content (AvgIpc) is 2.60. The van der Waals surface area contributed by atoms with E-state index in [1.165, 1.54) is 18.4 Å². The Morgan fingerprint density at radius 1 is 1.56 bits per heavy atom. The molecule has 1 aliphatic carbocycles. The summed E-state index contributed by atoms with van der Waals surface area (Å²) in [6.45, 7) is 5.58. The molecule has 0 aromatic carbocycles. The zero-order valence-corrected chi connectivity index (χ0v) is 10.4. The molecule has 3 heteroatoms. The molecule has 16 heavy (non-hydrogen) atoms. The van der Waals surface area contributed by atoms with Crippen molar-refractivity contribution < 1.29 is 0 Å². The van der Waals surface area contributed by atoms with Crippen LogP contribution in [0.15, 0.2) is 23.9 Å². The van der Waals surface area contributed by atoms with Crippen molar-refractivity contribution in [1.82, 2.24) is 9.78 Å². The normalized spacial score (nSPS) is 25.3. The first kappa shape index (κ1) is 11.2. The van der Waals surface area contributed by atoms with E-state index in [9.17, 15) is 0 Å². The van der Waals surface area contributed by atoms with Gasteiger partial charge in [0.2, 0.25) is 0 Å². The molecule has 2 atom stereocenters. The number of aryl methyl sites for hydroxylation is 1. The Morgan fingerprint density at radius 3 is 3.00 bits per heavy atom. The SMILES string of the molecule is CC1=CC(C)CC(CNc2ccn(C)n2)C1. The van der Waals surface area contributed by atoms with E-state index in [-0.39, 0.29) is 0 Å². The summed E-state index contributed by atoms with van der Waals surface area (Å²) in [6.07, 6.45) is 6.88. The molecular weight excluding hydrogens is 198 g/mol. The molecule has 0 bridgehead atoms. The van der Waals surface area contributed by atoms with Crippen LogP contribution in [0.5, 0.6) is 0 Å². The maximum absolute atomic E-state index is 4.32. The summed E-state index contributed by atoms with van der Waals surface area (Å²) in [5.74, 6) is 2.47. The molecule has 0 saturated heterocycles. The Kier molecular flexibility index (Phi) is 3.32. The number of allylic oxidation sites excluding steroid dienone is 2. The van der Waals surface area contributed by atoms with Crippen LogP contribution >= 0.6 is 0 Å². The first-order chi connectivity index (χ1) is 7.63. The molecule has 0 spiro atoms. The number of nitrogens with one attached hydrogen (secondary N) is 1. The van der Waals surface area contributed by atoms with Crippen LogP contribution in [0.25, 0.3) is 0 Å². The lowest BCUT2D eigenvalue weighted by molar-refractivity contribution is 0.420. The predicted molar refractivity (Wildman–Crippen MR) is 67.3 cm³/mol. The number of nitrogens with zero attached hydrogens (tertiary/aromatic N) is 2. The van der Waals surface area contributed by atoms with Gasteiger partial charge in [-0.15, -0.1) is 0 Å². The fraction of sp³-hybridized carbons (Fsp3) is 0.615. The van der Waals surface area contributed by atoms with E-state index in [0.29, 0.717) is 0 Å². The second-order valence-corrected chi connectivity index (χ2v) is 5.05. The van der Waals surface area contributed by atoms with Crippen molar-refractivity contribution in [1.29, 1.82) is 0 Å². The molecular formula is C13H21N3. The summed E-state index contributed by atoms with van der Waals surface area (Å²) in [4.78, 5) is 0. The second-order valence-electron chi connectivity index (χ2n) is 5.05. The monoisotopic (exact) mass is 219 g/mol. The fourth-order valence-corrected chi connectivity index (χ4v) is 2.60. The summed E-state index contributed by atoms with van der Waals surface area (Å²) in [7, 11) is 1.95. The summed E-state index contributed by atoms with van der Waals surface area (Å²) < 4.78 is 1.83. The molecule has 0 radical (unpaired) electrons. The van der Waals surface area contributed by atoms with Gasteiger partial charge in [-0.1, -0.05) is 18.6 Å². The van der Waals surface area contributed by atoms with Crippen LogP contribution in [-0.2, 0) is 7.05 Å². The van der Waals surface area contributed by atoms with E-state index < -0.39 is 0 Å². The summed E-state index contributed by atoms with van der Waals surface area (Å²) in [6, 6.07) is 2.02. The highest BCUT2D eigenvalue weighted by atomic mass is 15.3. The molecule has 0 fully saturated rings. The van der Waals surface area contributed by atoms with Gasteiger partial charge >= 0.3 is 0 Å². The number of hydrogen-bond donors (Lipinski definition) is 1. The van der Waals surface area contributed by atoms with Crippen LogP contribution in [0.4, 0.5) is 5.82 Å². The zero-order chi connectivity index (χ0) is 11.5. The number of aromatic nitrogens is 2. The van der Waals surface area contributed by atoms with Crippen molar-refractivity contribution in [3.05, 3.63) is 23.9 Å². The first-order valence-electron chi connectivity index (χ1n) is 6.04. The topological polar surface area (TPSA) is 29.9 Å². The van der Waals surface area contributed by atoms with Crippen LogP contribution in [0.2, 0.25) is 0 Å². The minimum Gasteiger partial charge on any atom is -0.368 e. The third-order valence-corrected chi connectivity index (χ3v) is 3.17. The quantitative estimate of drug-likeness (QED) is 0.792. The molecule has 2 rings (SSSR count).